The van der Waals surface area contributed by atoms with Crippen molar-refractivity contribution in [2.24, 2.45) is 7.05 Å². The molecule has 2 atom stereocenters. The molecular weight excluding hydrogens is 332 g/mol. The number of piperazine rings is 1. The first kappa shape index (κ1) is 18.7. The molecule has 9 heteroatoms. The monoisotopic (exact) mass is 359 g/mol. The second kappa shape index (κ2) is 6.36. The van der Waals surface area contributed by atoms with Crippen LogP contribution in [0.25, 0.3) is 0 Å². The van der Waals surface area contributed by atoms with Crippen molar-refractivity contribution in [1.29, 1.82) is 0 Å². The average Bonchev–Trinajstić information content (AvgIpc) is 2.83. The molecule has 24 heavy (non-hydrogen) atoms. The molecule has 0 unspecified atom stereocenters. The molecule has 1 aliphatic heterocycles. The first-order chi connectivity index (χ1) is 10.9. The van der Waals surface area contributed by atoms with Gasteiger partial charge < -0.3 is 9.64 Å². The first-order valence-corrected chi connectivity index (χ1v) is 9.36. The Morgan fingerprint density at radius 3 is 2.17 bits per heavy atom. The van der Waals surface area contributed by atoms with Gasteiger partial charge in [-0.1, -0.05) is 0 Å². The number of hydrogen-bond acceptors (Lipinski definition) is 4. The third-order valence-electron chi connectivity index (χ3n) is 3.83. The highest BCUT2D eigenvalue weighted by atomic mass is 32.2. The van der Waals surface area contributed by atoms with Crippen molar-refractivity contribution in [1.82, 2.24) is 13.2 Å². The standard InChI is InChI=1S/C15H27N4O4S/c1-12-9-18(24(21,22)17-8-7-16(6)11-17)10-13(2)19(12)14(20)23-15(3,4)5/h7-8,11-13H,9-10H2,1-6H3/q+1/t12-,13+. The minimum absolute atomic E-state index is 0.230. The number of carbonyl (C=O) groups is 1. The largest absolute Gasteiger partial charge is 0.444 e. The van der Waals surface area contributed by atoms with Gasteiger partial charge in [-0.2, -0.15) is 12.7 Å². The lowest BCUT2D eigenvalue weighted by molar-refractivity contribution is -0.670. The molecule has 1 aromatic rings. The van der Waals surface area contributed by atoms with E-state index in [1.54, 1.807) is 22.7 Å². The van der Waals surface area contributed by atoms with Crippen molar-refractivity contribution in [2.45, 2.75) is 52.3 Å². The van der Waals surface area contributed by atoms with Crippen LogP contribution >= 0.6 is 0 Å². The van der Waals surface area contributed by atoms with Crippen LogP contribution in [0.4, 0.5) is 4.79 Å². The Labute approximate surface area is 143 Å². The highest BCUT2D eigenvalue weighted by Gasteiger charge is 2.41. The molecule has 0 aliphatic carbocycles. The molecule has 2 heterocycles. The lowest BCUT2D eigenvalue weighted by Crippen LogP contribution is -2.61. The fourth-order valence-corrected chi connectivity index (χ4v) is 4.39. The van der Waals surface area contributed by atoms with E-state index in [1.165, 1.54) is 20.8 Å². The molecule has 2 rings (SSSR count). The topological polar surface area (TPSA) is 75.7 Å². The maximum Gasteiger partial charge on any atom is 0.410 e. The van der Waals surface area contributed by atoms with Gasteiger partial charge >= 0.3 is 16.3 Å². The van der Waals surface area contributed by atoms with E-state index in [2.05, 4.69) is 0 Å². The van der Waals surface area contributed by atoms with E-state index in [9.17, 15) is 13.2 Å². The first-order valence-electron chi connectivity index (χ1n) is 7.97. The van der Waals surface area contributed by atoms with Crippen LogP contribution in [-0.2, 0) is 22.0 Å². The summed E-state index contributed by atoms with van der Waals surface area (Å²) < 4.78 is 35.2. The molecule has 136 valence electrons. The van der Waals surface area contributed by atoms with Crippen molar-refractivity contribution in [3.63, 3.8) is 0 Å². The molecule has 0 saturated carbocycles. The number of aromatic nitrogens is 2. The molecule has 0 spiro atoms. The van der Waals surface area contributed by atoms with Gasteiger partial charge in [0.2, 0.25) is 0 Å². The van der Waals surface area contributed by atoms with E-state index in [0.29, 0.717) is 0 Å². The van der Waals surface area contributed by atoms with Gasteiger partial charge in [0.05, 0.1) is 7.05 Å². The Morgan fingerprint density at radius 2 is 1.75 bits per heavy atom. The molecule has 0 N–H and O–H groups in total. The van der Waals surface area contributed by atoms with Crippen LogP contribution in [0.5, 0.6) is 0 Å². The fraction of sp³-hybridized carbons (Fsp3) is 0.733. The zero-order chi connectivity index (χ0) is 18.3. The number of ether oxygens (including phenoxy) is 1. The summed E-state index contributed by atoms with van der Waals surface area (Å²) in [6, 6.07) is -0.551. The highest BCUT2D eigenvalue weighted by molar-refractivity contribution is 7.87. The molecular formula is C15H27N4O4S+. The van der Waals surface area contributed by atoms with Crippen LogP contribution in [0.1, 0.15) is 34.6 Å². The molecule has 8 nitrogen and oxygen atoms in total. The Balaban J connectivity index is 2.17. The van der Waals surface area contributed by atoms with Gasteiger partial charge in [-0.3, -0.25) is 0 Å². The summed E-state index contributed by atoms with van der Waals surface area (Å²) in [6.45, 7) is 9.56. The zero-order valence-corrected chi connectivity index (χ0v) is 15.9. The van der Waals surface area contributed by atoms with E-state index in [4.69, 9.17) is 4.74 Å². The summed E-state index contributed by atoms with van der Waals surface area (Å²) in [4.78, 5) is 14.0. The number of carbonyl (C=O) groups excluding carboxylic acids is 1. The van der Waals surface area contributed by atoms with Gasteiger partial charge in [0.15, 0.2) is 0 Å². The van der Waals surface area contributed by atoms with E-state index in [-0.39, 0.29) is 25.2 Å². The lowest BCUT2D eigenvalue weighted by atomic mass is 10.1. The maximum absolute atomic E-state index is 12.7. The van der Waals surface area contributed by atoms with Crippen molar-refractivity contribution < 1.29 is 22.5 Å². The van der Waals surface area contributed by atoms with Crippen LogP contribution in [-0.4, -0.2) is 58.5 Å². The van der Waals surface area contributed by atoms with Crippen LogP contribution in [0.3, 0.4) is 0 Å². The fourth-order valence-electron chi connectivity index (χ4n) is 2.83. The molecule has 1 fully saturated rings. The van der Waals surface area contributed by atoms with Gasteiger partial charge in [-0.15, -0.1) is 3.97 Å². The number of amides is 1. The van der Waals surface area contributed by atoms with Gasteiger partial charge in [-0.05, 0) is 34.6 Å². The summed E-state index contributed by atoms with van der Waals surface area (Å²) in [6.07, 6.45) is 4.27. The van der Waals surface area contributed by atoms with Crippen molar-refractivity contribution in [3.05, 3.63) is 18.7 Å². The van der Waals surface area contributed by atoms with Crippen LogP contribution in [0.15, 0.2) is 18.7 Å². The minimum Gasteiger partial charge on any atom is -0.444 e. The van der Waals surface area contributed by atoms with Crippen molar-refractivity contribution in [3.8, 4) is 0 Å². The summed E-state index contributed by atoms with van der Waals surface area (Å²) in [7, 11) is -1.88. The second-order valence-corrected chi connectivity index (χ2v) is 9.15. The van der Waals surface area contributed by atoms with E-state index < -0.39 is 21.9 Å². The van der Waals surface area contributed by atoms with Crippen LogP contribution < -0.4 is 4.57 Å². The molecule has 0 aromatic carbocycles. The van der Waals surface area contributed by atoms with Crippen LogP contribution in [0.2, 0.25) is 0 Å². The normalized spacial score (nSPS) is 23.3. The lowest BCUT2D eigenvalue weighted by Gasteiger charge is -2.42. The molecule has 1 amide bonds. The second-order valence-electron chi connectivity index (χ2n) is 7.32. The predicted molar refractivity (Wildman–Crippen MR) is 88.5 cm³/mol. The summed E-state index contributed by atoms with van der Waals surface area (Å²) in [5.74, 6) is 0. The summed E-state index contributed by atoms with van der Waals surface area (Å²) in [5, 5.41) is 0. The summed E-state index contributed by atoms with van der Waals surface area (Å²) >= 11 is 0. The van der Waals surface area contributed by atoms with E-state index >= 15 is 0 Å². The molecule has 1 aliphatic rings. The van der Waals surface area contributed by atoms with Crippen molar-refractivity contribution in [2.75, 3.05) is 13.1 Å². The molecule has 1 saturated heterocycles. The highest BCUT2D eigenvalue weighted by Crippen LogP contribution is 2.22. The van der Waals surface area contributed by atoms with Crippen molar-refractivity contribution >= 4 is 16.3 Å². The molecule has 0 bridgehead atoms. The zero-order valence-electron chi connectivity index (χ0n) is 15.1. The van der Waals surface area contributed by atoms with Gasteiger partial charge in [0, 0.05) is 25.2 Å². The number of hydrogen-bond donors (Lipinski definition) is 0. The number of imidazole rings is 1. The SMILES string of the molecule is C[C@@H]1CN(S(=O)(=O)n2cc[n+](C)c2)C[C@H](C)N1C(=O)OC(C)(C)C. The summed E-state index contributed by atoms with van der Waals surface area (Å²) in [5.41, 5.74) is -0.584. The number of aryl methyl sites for hydroxylation is 1. The smallest absolute Gasteiger partial charge is 0.410 e. The molecule has 0 radical (unpaired) electrons. The quantitative estimate of drug-likeness (QED) is 0.730. The minimum atomic E-state index is -3.64. The van der Waals surface area contributed by atoms with Gasteiger partial charge in [0.25, 0.3) is 6.33 Å². The predicted octanol–water partition coefficient (Wildman–Crippen LogP) is 0.735. The molecule has 1 aromatic heterocycles. The Bertz CT molecular complexity index is 695. The average molecular weight is 359 g/mol. The number of nitrogens with zero attached hydrogens (tertiary/aromatic N) is 4. The number of rotatable bonds is 2. The van der Waals surface area contributed by atoms with E-state index in [1.807, 2.05) is 34.6 Å². The van der Waals surface area contributed by atoms with Gasteiger partial charge in [-0.25, -0.2) is 9.36 Å². The third-order valence-corrected chi connectivity index (χ3v) is 5.53. The Hall–Kier alpha value is -1.61. The van der Waals surface area contributed by atoms with E-state index in [0.717, 1.165) is 0 Å². The maximum atomic E-state index is 12.7. The van der Waals surface area contributed by atoms with Gasteiger partial charge in [0.1, 0.15) is 18.0 Å². The van der Waals surface area contributed by atoms with Crippen LogP contribution in [0, 0.1) is 0 Å². The Morgan fingerprint density at radius 1 is 1.21 bits per heavy atom. The third kappa shape index (κ3) is 3.89. The Kier molecular flexibility index (Phi) is 4.96.